The van der Waals surface area contributed by atoms with Crippen molar-refractivity contribution in [2.45, 2.75) is 65.1 Å². The Balaban J connectivity index is 5.01. The Labute approximate surface area is 155 Å². The minimum Gasteiger partial charge on any atom is -0.467 e. The number of thioether (sulfide) groups is 1. The van der Waals surface area contributed by atoms with Crippen molar-refractivity contribution in [2.75, 3.05) is 19.1 Å². The van der Waals surface area contributed by atoms with Crippen LogP contribution in [-0.2, 0) is 19.1 Å². The molecule has 0 aliphatic rings. The molecule has 2 N–H and O–H groups in total. The first kappa shape index (κ1) is 23.6. The molecule has 0 radical (unpaired) electrons. The number of carbonyl (C=O) groups excluding carboxylic acids is 3. The van der Waals surface area contributed by atoms with Crippen LogP contribution >= 0.6 is 11.8 Å². The maximum absolute atomic E-state index is 12.6. The standard InChI is InChI=1S/C17H32N2O5S/c1-11(2)10-13(19-16(22)24-17(3,4)5)14(20)18-12(8-9-25-7)15(21)23-6/h11-13H,8-10H2,1-7H3,(H,18,20)(H,19,22). The molecule has 25 heavy (non-hydrogen) atoms. The molecule has 0 heterocycles. The summed E-state index contributed by atoms with van der Waals surface area (Å²) in [5.41, 5.74) is -0.657. The SMILES string of the molecule is COC(=O)C(CCSC)NC(=O)C(CC(C)C)NC(=O)OC(C)(C)C. The van der Waals surface area contributed by atoms with E-state index in [0.717, 1.165) is 0 Å². The molecule has 0 aliphatic heterocycles. The lowest BCUT2D eigenvalue weighted by atomic mass is 10.0. The lowest BCUT2D eigenvalue weighted by Gasteiger charge is -2.25. The first-order valence-electron chi connectivity index (χ1n) is 8.36. The largest absolute Gasteiger partial charge is 0.467 e. The molecule has 2 atom stereocenters. The molecule has 0 saturated heterocycles. The number of hydrogen-bond donors (Lipinski definition) is 2. The van der Waals surface area contributed by atoms with E-state index in [-0.39, 0.29) is 5.92 Å². The second-order valence-electron chi connectivity index (χ2n) is 7.19. The minimum atomic E-state index is -0.781. The van der Waals surface area contributed by atoms with Crippen LogP contribution < -0.4 is 10.6 Å². The van der Waals surface area contributed by atoms with Gasteiger partial charge in [0.2, 0.25) is 5.91 Å². The van der Waals surface area contributed by atoms with Crippen molar-refractivity contribution < 1.29 is 23.9 Å². The molecule has 0 aromatic heterocycles. The zero-order valence-electron chi connectivity index (χ0n) is 16.3. The summed E-state index contributed by atoms with van der Waals surface area (Å²) in [5.74, 6) is -0.0403. The van der Waals surface area contributed by atoms with Gasteiger partial charge in [0.05, 0.1) is 7.11 Å². The summed E-state index contributed by atoms with van der Waals surface area (Å²) in [6.45, 7) is 9.14. The smallest absolute Gasteiger partial charge is 0.408 e. The number of alkyl carbamates (subject to hydrolysis) is 1. The Morgan fingerprint density at radius 3 is 2.12 bits per heavy atom. The van der Waals surface area contributed by atoms with E-state index in [2.05, 4.69) is 10.6 Å². The molecule has 0 rings (SSSR count). The third-order valence-corrected chi connectivity index (χ3v) is 3.77. The van der Waals surface area contributed by atoms with E-state index in [9.17, 15) is 14.4 Å². The predicted molar refractivity (Wildman–Crippen MR) is 99.6 cm³/mol. The van der Waals surface area contributed by atoms with Gasteiger partial charge in [-0.05, 0) is 51.5 Å². The molecule has 0 aromatic carbocycles. The van der Waals surface area contributed by atoms with Crippen molar-refractivity contribution in [1.29, 1.82) is 0 Å². The summed E-state index contributed by atoms with van der Waals surface area (Å²) >= 11 is 1.57. The summed E-state index contributed by atoms with van der Waals surface area (Å²) in [4.78, 5) is 36.4. The van der Waals surface area contributed by atoms with E-state index in [1.807, 2.05) is 20.1 Å². The number of ether oxygens (including phenoxy) is 2. The lowest BCUT2D eigenvalue weighted by molar-refractivity contribution is -0.145. The number of methoxy groups -OCH3 is 1. The Kier molecular flexibility index (Phi) is 10.6. The molecule has 0 fully saturated rings. The van der Waals surface area contributed by atoms with Crippen molar-refractivity contribution in [3.8, 4) is 0 Å². The first-order chi connectivity index (χ1) is 11.5. The number of carbonyl (C=O) groups is 3. The predicted octanol–water partition coefficient (Wildman–Crippen LogP) is 2.34. The van der Waals surface area contributed by atoms with Crippen LogP contribution in [-0.4, -0.2) is 54.8 Å². The Bertz CT molecular complexity index is 449. The van der Waals surface area contributed by atoms with E-state index in [4.69, 9.17) is 9.47 Å². The molecule has 7 nitrogen and oxygen atoms in total. The number of nitrogens with one attached hydrogen (secondary N) is 2. The van der Waals surface area contributed by atoms with Gasteiger partial charge in [0.25, 0.3) is 0 Å². The van der Waals surface area contributed by atoms with Gasteiger partial charge < -0.3 is 20.1 Å². The van der Waals surface area contributed by atoms with Crippen molar-refractivity contribution in [1.82, 2.24) is 10.6 Å². The van der Waals surface area contributed by atoms with E-state index < -0.39 is 35.7 Å². The van der Waals surface area contributed by atoms with Gasteiger partial charge >= 0.3 is 12.1 Å². The number of hydrogen-bond acceptors (Lipinski definition) is 6. The summed E-state index contributed by atoms with van der Waals surface area (Å²) < 4.78 is 9.96. The van der Waals surface area contributed by atoms with Gasteiger partial charge in [-0.3, -0.25) is 4.79 Å². The highest BCUT2D eigenvalue weighted by Gasteiger charge is 2.29. The molecule has 0 saturated carbocycles. The van der Waals surface area contributed by atoms with Gasteiger partial charge in [-0.1, -0.05) is 13.8 Å². The lowest BCUT2D eigenvalue weighted by Crippen LogP contribution is -2.53. The monoisotopic (exact) mass is 376 g/mol. The zero-order chi connectivity index (χ0) is 19.6. The van der Waals surface area contributed by atoms with Crippen molar-refractivity contribution in [2.24, 2.45) is 5.92 Å². The average Bonchev–Trinajstić information content (AvgIpc) is 2.47. The second-order valence-corrected chi connectivity index (χ2v) is 8.18. The van der Waals surface area contributed by atoms with Gasteiger partial charge in [0.1, 0.15) is 17.7 Å². The van der Waals surface area contributed by atoms with Crippen LogP contribution in [0.1, 0.15) is 47.5 Å². The molecule has 0 aliphatic carbocycles. The Morgan fingerprint density at radius 2 is 1.68 bits per heavy atom. The summed E-state index contributed by atoms with van der Waals surface area (Å²) in [7, 11) is 1.28. The summed E-state index contributed by atoms with van der Waals surface area (Å²) in [6, 6.07) is -1.52. The maximum Gasteiger partial charge on any atom is 0.408 e. The quantitative estimate of drug-likeness (QED) is 0.600. The normalized spacial score (nSPS) is 13.8. The molecule has 0 bridgehead atoms. The molecule has 8 heteroatoms. The number of amides is 2. The highest BCUT2D eigenvalue weighted by atomic mass is 32.2. The second kappa shape index (κ2) is 11.2. The molecular weight excluding hydrogens is 344 g/mol. The summed E-state index contributed by atoms with van der Waals surface area (Å²) in [5, 5.41) is 5.27. The van der Waals surface area contributed by atoms with Gasteiger partial charge in [-0.2, -0.15) is 11.8 Å². The molecular formula is C17H32N2O5S. The van der Waals surface area contributed by atoms with Gasteiger partial charge in [0.15, 0.2) is 0 Å². The molecule has 0 aromatic rings. The Morgan fingerprint density at radius 1 is 1.08 bits per heavy atom. The minimum absolute atomic E-state index is 0.175. The van der Waals surface area contributed by atoms with Gasteiger partial charge in [-0.25, -0.2) is 9.59 Å². The zero-order valence-corrected chi connectivity index (χ0v) is 17.1. The van der Waals surface area contributed by atoms with Crippen molar-refractivity contribution >= 4 is 29.7 Å². The van der Waals surface area contributed by atoms with Crippen LogP contribution in [0.2, 0.25) is 0 Å². The third-order valence-electron chi connectivity index (χ3n) is 3.13. The van der Waals surface area contributed by atoms with Gasteiger partial charge in [-0.15, -0.1) is 0 Å². The molecule has 146 valence electrons. The van der Waals surface area contributed by atoms with Gasteiger partial charge in [0, 0.05) is 0 Å². The third kappa shape index (κ3) is 10.9. The van der Waals surface area contributed by atoms with Crippen LogP contribution in [0.25, 0.3) is 0 Å². The van der Waals surface area contributed by atoms with Crippen molar-refractivity contribution in [3.63, 3.8) is 0 Å². The van der Waals surface area contributed by atoms with Crippen LogP contribution in [0.3, 0.4) is 0 Å². The first-order valence-corrected chi connectivity index (χ1v) is 9.76. The van der Waals surface area contributed by atoms with E-state index in [1.165, 1.54) is 7.11 Å². The fraction of sp³-hybridized carbons (Fsp3) is 0.824. The topological polar surface area (TPSA) is 93.7 Å². The number of esters is 1. The van der Waals surface area contributed by atoms with Crippen LogP contribution in [0, 0.1) is 5.92 Å². The fourth-order valence-corrected chi connectivity index (χ4v) is 2.52. The highest BCUT2D eigenvalue weighted by molar-refractivity contribution is 7.98. The van der Waals surface area contributed by atoms with Crippen molar-refractivity contribution in [3.05, 3.63) is 0 Å². The molecule has 2 amide bonds. The van der Waals surface area contributed by atoms with Crippen LogP contribution in [0.5, 0.6) is 0 Å². The molecule has 2 unspecified atom stereocenters. The molecule has 0 spiro atoms. The highest BCUT2D eigenvalue weighted by Crippen LogP contribution is 2.10. The van der Waals surface area contributed by atoms with E-state index in [1.54, 1.807) is 32.5 Å². The van der Waals surface area contributed by atoms with Crippen LogP contribution in [0.15, 0.2) is 0 Å². The summed E-state index contributed by atoms with van der Waals surface area (Å²) in [6.07, 6.45) is 2.15. The van der Waals surface area contributed by atoms with E-state index >= 15 is 0 Å². The van der Waals surface area contributed by atoms with Crippen LogP contribution in [0.4, 0.5) is 4.79 Å². The fourth-order valence-electron chi connectivity index (χ4n) is 2.05. The van der Waals surface area contributed by atoms with E-state index in [0.29, 0.717) is 18.6 Å². The number of rotatable bonds is 9. The average molecular weight is 377 g/mol. The maximum atomic E-state index is 12.6. The Hall–Kier alpha value is -1.44.